The number of benzene rings is 1. The van der Waals surface area contributed by atoms with Crippen LogP contribution in [0, 0.1) is 12.7 Å². The van der Waals surface area contributed by atoms with E-state index in [9.17, 15) is 18.8 Å². The lowest BCUT2D eigenvalue weighted by Gasteiger charge is -2.33. The number of anilines is 1. The lowest BCUT2D eigenvalue weighted by atomic mass is 10.1. The van der Waals surface area contributed by atoms with Gasteiger partial charge in [0.05, 0.1) is 12.6 Å². The zero-order chi connectivity index (χ0) is 18.1. The van der Waals surface area contributed by atoms with Crippen LogP contribution in [0.1, 0.15) is 12.0 Å². The SMILES string of the molecule is Cc1ccc(F)cc1NC(=O)N[C@H]1C[C@H]2C(=O)N[C@@H](CO)C(=O)N2C1. The van der Waals surface area contributed by atoms with Crippen LogP contribution in [0.4, 0.5) is 14.9 Å². The first kappa shape index (κ1) is 17.2. The number of rotatable bonds is 3. The molecule has 8 nitrogen and oxygen atoms in total. The Kier molecular flexibility index (Phi) is 4.58. The average Bonchev–Trinajstić information content (AvgIpc) is 2.98. The number of aryl methyl sites for hydroxylation is 1. The van der Waals surface area contributed by atoms with Gasteiger partial charge in [-0.15, -0.1) is 0 Å². The van der Waals surface area contributed by atoms with Crippen molar-refractivity contribution < 1.29 is 23.9 Å². The van der Waals surface area contributed by atoms with Gasteiger partial charge in [-0.2, -0.15) is 0 Å². The highest BCUT2D eigenvalue weighted by atomic mass is 19.1. The molecular formula is C16H19FN4O4. The summed E-state index contributed by atoms with van der Waals surface area (Å²) in [5.74, 6) is -1.17. The highest BCUT2D eigenvalue weighted by Crippen LogP contribution is 2.23. The molecule has 0 saturated carbocycles. The van der Waals surface area contributed by atoms with E-state index in [1.807, 2.05) is 0 Å². The van der Waals surface area contributed by atoms with E-state index in [0.717, 1.165) is 0 Å². The van der Waals surface area contributed by atoms with Crippen LogP contribution in [0.3, 0.4) is 0 Å². The number of aliphatic hydroxyl groups excluding tert-OH is 1. The van der Waals surface area contributed by atoms with Gasteiger partial charge in [-0.3, -0.25) is 9.59 Å². The van der Waals surface area contributed by atoms with E-state index >= 15 is 0 Å². The van der Waals surface area contributed by atoms with Gasteiger partial charge < -0.3 is 26.0 Å². The Bertz CT molecular complexity index is 726. The number of halogens is 1. The van der Waals surface area contributed by atoms with Crippen molar-refractivity contribution in [1.29, 1.82) is 0 Å². The number of carbonyl (C=O) groups is 3. The van der Waals surface area contributed by atoms with Crippen molar-refractivity contribution in [3.8, 4) is 0 Å². The van der Waals surface area contributed by atoms with Crippen molar-refractivity contribution in [1.82, 2.24) is 15.5 Å². The number of urea groups is 1. The molecule has 4 amide bonds. The van der Waals surface area contributed by atoms with Gasteiger partial charge in [0.2, 0.25) is 11.8 Å². The minimum Gasteiger partial charge on any atom is -0.394 e. The first-order valence-electron chi connectivity index (χ1n) is 7.94. The number of aliphatic hydroxyl groups is 1. The monoisotopic (exact) mass is 350 g/mol. The van der Waals surface area contributed by atoms with Crippen LogP contribution in [0.5, 0.6) is 0 Å². The Hall–Kier alpha value is -2.68. The Morgan fingerprint density at radius 3 is 2.92 bits per heavy atom. The van der Waals surface area contributed by atoms with Crippen molar-refractivity contribution >= 4 is 23.5 Å². The molecule has 2 fully saturated rings. The quantitative estimate of drug-likeness (QED) is 0.601. The molecule has 1 aromatic carbocycles. The number of nitrogens with one attached hydrogen (secondary N) is 3. The second kappa shape index (κ2) is 6.67. The average molecular weight is 350 g/mol. The lowest BCUT2D eigenvalue weighted by molar-refractivity contribution is -0.148. The predicted molar refractivity (Wildman–Crippen MR) is 86.2 cm³/mol. The van der Waals surface area contributed by atoms with Crippen molar-refractivity contribution in [3.05, 3.63) is 29.6 Å². The number of hydrogen-bond donors (Lipinski definition) is 4. The van der Waals surface area contributed by atoms with Gasteiger partial charge in [-0.25, -0.2) is 9.18 Å². The molecule has 1 aromatic rings. The van der Waals surface area contributed by atoms with E-state index < -0.39 is 36.6 Å². The maximum atomic E-state index is 13.3. The highest BCUT2D eigenvalue weighted by Gasteiger charge is 2.46. The molecule has 2 saturated heterocycles. The second-order valence-corrected chi connectivity index (χ2v) is 6.24. The smallest absolute Gasteiger partial charge is 0.319 e. The number of nitrogens with zero attached hydrogens (tertiary/aromatic N) is 1. The maximum absolute atomic E-state index is 13.3. The summed E-state index contributed by atoms with van der Waals surface area (Å²) < 4.78 is 13.3. The number of amides is 4. The minimum atomic E-state index is -0.939. The maximum Gasteiger partial charge on any atom is 0.319 e. The predicted octanol–water partition coefficient (Wildman–Crippen LogP) is -0.284. The molecule has 2 aliphatic heterocycles. The van der Waals surface area contributed by atoms with Gasteiger partial charge >= 0.3 is 6.03 Å². The number of piperazine rings is 1. The molecule has 0 aromatic heterocycles. The third kappa shape index (κ3) is 3.41. The normalized spacial score (nSPS) is 25.4. The molecule has 0 radical (unpaired) electrons. The largest absolute Gasteiger partial charge is 0.394 e. The Morgan fingerprint density at radius 1 is 1.44 bits per heavy atom. The molecule has 0 aliphatic carbocycles. The Labute approximate surface area is 143 Å². The first-order valence-corrected chi connectivity index (χ1v) is 7.94. The van der Waals surface area contributed by atoms with Crippen LogP contribution in [0.25, 0.3) is 0 Å². The van der Waals surface area contributed by atoms with E-state index in [1.54, 1.807) is 13.0 Å². The van der Waals surface area contributed by atoms with Crippen molar-refractivity contribution in [2.75, 3.05) is 18.5 Å². The van der Waals surface area contributed by atoms with E-state index in [1.165, 1.54) is 17.0 Å². The van der Waals surface area contributed by atoms with E-state index in [-0.39, 0.29) is 24.8 Å². The van der Waals surface area contributed by atoms with Crippen LogP contribution in [-0.4, -0.2) is 59.1 Å². The second-order valence-electron chi connectivity index (χ2n) is 6.24. The molecule has 9 heteroatoms. The van der Waals surface area contributed by atoms with Crippen LogP contribution in [0.2, 0.25) is 0 Å². The minimum absolute atomic E-state index is 0.184. The lowest BCUT2D eigenvalue weighted by Crippen LogP contribution is -2.62. The Morgan fingerprint density at radius 2 is 2.20 bits per heavy atom. The molecule has 25 heavy (non-hydrogen) atoms. The topological polar surface area (TPSA) is 111 Å². The molecule has 3 atom stereocenters. The van der Waals surface area contributed by atoms with Crippen LogP contribution in [0.15, 0.2) is 18.2 Å². The van der Waals surface area contributed by atoms with Gasteiger partial charge in [0.25, 0.3) is 0 Å². The van der Waals surface area contributed by atoms with Crippen molar-refractivity contribution in [2.45, 2.75) is 31.5 Å². The fourth-order valence-electron chi connectivity index (χ4n) is 3.16. The van der Waals surface area contributed by atoms with E-state index in [0.29, 0.717) is 11.3 Å². The number of fused-ring (bicyclic) bond motifs is 1. The van der Waals surface area contributed by atoms with Crippen LogP contribution >= 0.6 is 0 Å². The molecule has 0 unspecified atom stereocenters. The summed E-state index contributed by atoms with van der Waals surface area (Å²) in [7, 11) is 0. The summed E-state index contributed by atoms with van der Waals surface area (Å²) in [5.41, 5.74) is 1.06. The molecule has 3 rings (SSSR count). The van der Waals surface area contributed by atoms with Gasteiger partial charge in [0.1, 0.15) is 17.9 Å². The number of carbonyl (C=O) groups excluding carboxylic acids is 3. The zero-order valence-electron chi connectivity index (χ0n) is 13.6. The van der Waals surface area contributed by atoms with Crippen molar-refractivity contribution in [3.63, 3.8) is 0 Å². The zero-order valence-corrected chi connectivity index (χ0v) is 13.6. The highest BCUT2D eigenvalue weighted by molar-refractivity contribution is 5.98. The van der Waals surface area contributed by atoms with Gasteiger partial charge in [-0.05, 0) is 31.0 Å². The third-order valence-corrected chi connectivity index (χ3v) is 4.47. The summed E-state index contributed by atoms with van der Waals surface area (Å²) in [4.78, 5) is 37.7. The fourth-order valence-corrected chi connectivity index (χ4v) is 3.16. The van der Waals surface area contributed by atoms with Gasteiger partial charge in [0.15, 0.2) is 0 Å². The van der Waals surface area contributed by atoms with Gasteiger partial charge in [-0.1, -0.05) is 6.07 Å². The summed E-state index contributed by atoms with van der Waals surface area (Å²) in [6, 6.07) is 1.53. The Balaban J connectivity index is 1.63. The fraction of sp³-hybridized carbons (Fsp3) is 0.438. The third-order valence-electron chi connectivity index (χ3n) is 4.47. The van der Waals surface area contributed by atoms with E-state index in [4.69, 9.17) is 5.11 Å². The summed E-state index contributed by atoms with van der Waals surface area (Å²) in [6.45, 7) is 1.46. The molecule has 2 heterocycles. The standard InChI is InChI=1S/C16H19FN4O4/c1-8-2-3-9(17)4-11(8)20-16(25)18-10-5-13-14(23)19-12(7-22)15(24)21(13)6-10/h2-4,10,12-13,22H,5-7H2,1H3,(H,19,23)(H2,18,20,25)/t10-,12-,13-/m0/s1. The van der Waals surface area contributed by atoms with Crippen LogP contribution in [-0.2, 0) is 9.59 Å². The summed E-state index contributed by atoms with van der Waals surface area (Å²) in [6.07, 6.45) is 0.283. The molecule has 2 aliphatic rings. The number of hydrogen-bond acceptors (Lipinski definition) is 4. The van der Waals surface area contributed by atoms with Crippen molar-refractivity contribution in [2.24, 2.45) is 0 Å². The summed E-state index contributed by atoms with van der Waals surface area (Å²) >= 11 is 0. The van der Waals surface area contributed by atoms with Crippen LogP contribution < -0.4 is 16.0 Å². The molecule has 134 valence electrons. The molecule has 0 bridgehead atoms. The molecular weight excluding hydrogens is 331 g/mol. The molecule has 0 spiro atoms. The molecule has 4 N–H and O–H groups in total. The summed E-state index contributed by atoms with van der Waals surface area (Å²) in [5, 5.41) is 16.9. The van der Waals surface area contributed by atoms with E-state index in [2.05, 4.69) is 16.0 Å². The first-order chi connectivity index (χ1) is 11.9. The van der Waals surface area contributed by atoms with Gasteiger partial charge in [0, 0.05) is 12.2 Å².